The van der Waals surface area contributed by atoms with Crippen LogP contribution in [0.2, 0.25) is 0 Å². The normalized spacial score (nSPS) is 13.2. The van der Waals surface area contributed by atoms with Crippen LogP contribution < -0.4 is 10.9 Å². The fourth-order valence-electron chi connectivity index (χ4n) is 2.61. The number of carbonyl (C=O) groups is 1. The van der Waals surface area contributed by atoms with Crippen molar-refractivity contribution in [1.82, 2.24) is 0 Å². The predicted molar refractivity (Wildman–Crippen MR) is 112 cm³/mol. The number of halogens is 3. The molecule has 0 aromatic heterocycles. The summed E-state index contributed by atoms with van der Waals surface area (Å²) in [6.45, 7) is 2.15. The Balaban J connectivity index is 2.73. The number of alkyl halides is 3. The molecule has 0 aliphatic heterocycles. The zero-order valence-corrected chi connectivity index (χ0v) is 16.6. The van der Waals surface area contributed by atoms with Crippen LogP contribution in [0.5, 0.6) is 0 Å². The van der Waals surface area contributed by atoms with Gasteiger partial charge in [0, 0.05) is 0 Å². The summed E-state index contributed by atoms with van der Waals surface area (Å²) in [6, 6.07) is 18.9. The number of Topliss-reactive ketones (excluding diaryl/α,β-unsaturated/α-hetero) is 1. The highest BCUT2D eigenvalue weighted by Crippen LogP contribution is 2.32. The van der Waals surface area contributed by atoms with Crippen LogP contribution in [-0.2, 0) is 4.79 Å². The fourth-order valence-corrected chi connectivity index (χ4v) is 3.04. The standard InChI is InChI=1S/C19H17BCl3NO2/c1-13(25)17(14(2)26)18(19(21,22)23)24-20(15-9-5-3-6-10-15)16-11-7-4-8-12-16/h3-12,25H,1-2H3. The zero-order chi connectivity index (χ0) is 19.3. The highest BCUT2D eigenvalue weighted by atomic mass is 35.6. The minimum atomic E-state index is -1.98. The Hall–Kier alpha value is -1.75. The maximum Gasteiger partial charge on any atom is 0.344 e. The van der Waals surface area contributed by atoms with Crippen LogP contribution in [-0.4, -0.2) is 27.2 Å². The topological polar surface area (TPSA) is 49.7 Å². The Morgan fingerprint density at radius 1 is 0.923 bits per heavy atom. The molecule has 0 spiro atoms. The molecule has 0 atom stereocenters. The molecule has 3 nitrogen and oxygen atoms in total. The van der Waals surface area contributed by atoms with E-state index in [2.05, 4.69) is 4.90 Å². The van der Waals surface area contributed by atoms with Gasteiger partial charge in [0.1, 0.15) is 5.76 Å². The van der Waals surface area contributed by atoms with Gasteiger partial charge in [-0.2, -0.15) is 0 Å². The first-order valence-corrected chi connectivity index (χ1v) is 9.01. The number of aliphatic hydroxyl groups is 1. The Bertz CT molecular complexity index is 787. The first kappa shape index (κ1) is 20.6. The molecule has 0 aliphatic carbocycles. The van der Waals surface area contributed by atoms with E-state index >= 15 is 0 Å². The monoisotopic (exact) mass is 407 g/mol. The lowest BCUT2D eigenvalue weighted by atomic mass is 9.51. The molecule has 0 fully saturated rings. The van der Waals surface area contributed by atoms with Crippen molar-refractivity contribution >= 4 is 64.1 Å². The van der Waals surface area contributed by atoms with E-state index in [1.54, 1.807) is 0 Å². The molecule has 0 heterocycles. The highest BCUT2D eigenvalue weighted by Gasteiger charge is 2.35. The van der Waals surface area contributed by atoms with Gasteiger partial charge in [-0.3, -0.25) is 4.79 Å². The number of rotatable bonds is 5. The van der Waals surface area contributed by atoms with Crippen molar-refractivity contribution in [3.05, 3.63) is 72.0 Å². The van der Waals surface area contributed by atoms with E-state index in [1.807, 2.05) is 60.7 Å². The Morgan fingerprint density at radius 2 is 1.35 bits per heavy atom. The molecule has 0 radical (unpaired) electrons. The van der Waals surface area contributed by atoms with Gasteiger partial charge in [-0.05, 0) is 24.8 Å². The fraction of sp³-hybridized carbons (Fsp3) is 0.158. The lowest BCUT2D eigenvalue weighted by Crippen LogP contribution is -2.43. The molecule has 2 aromatic carbocycles. The predicted octanol–water partition coefficient (Wildman–Crippen LogP) is 4.02. The maximum absolute atomic E-state index is 12.1. The molecule has 0 bridgehead atoms. The molecule has 7 heteroatoms. The van der Waals surface area contributed by atoms with Crippen molar-refractivity contribution in [2.45, 2.75) is 17.6 Å². The number of benzene rings is 2. The molecule has 0 unspecified atom stereocenters. The molecule has 0 saturated heterocycles. The van der Waals surface area contributed by atoms with E-state index < -0.39 is 16.4 Å². The molecule has 1 N–H and O–H groups in total. The Morgan fingerprint density at radius 3 is 1.65 bits per heavy atom. The quantitative estimate of drug-likeness (QED) is 0.267. The number of hydrogen-bond donors (Lipinski definition) is 1. The van der Waals surface area contributed by atoms with Gasteiger partial charge in [0.25, 0.3) is 0 Å². The van der Waals surface area contributed by atoms with Crippen LogP contribution in [0, 0.1) is 0 Å². The van der Waals surface area contributed by atoms with Gasteiger partial charge >= 0.3 is 6.85 Å². The van der Waals surface area contributed by atoms with E-state index in [9.17, 15) is 9.90 Å². The van der Waals surface area contributed by atoms with E-state index in [0.29, 0.717) is 0 Å². The number of aliphatic hydroxyl groups excluding tert-OH is 1. The van der Waals surface area contributed by atoms with Crippen molar-refractivity contribution in [3.8, 4) is 0 Å². The number of carbonyl (C=O) groups excluding carboxylic acids is 1. The molecule has 0 saturated carbocycles. The van der Waals surface area contributed by atoms with Crippen molar-refractivity contribution in [1.29, 1.82) is 0 Å². The average molecular weight is 409 g/mol. The molecular formula is C19H17BCl3NO2. The first-order chi connectivity index (χ1) is 12.2. The van der Waals surface area contributed by atoms with Gasteiger partial charge in [0.05, 0.1) is 11.3 Å². The summed E-state index contributed by atoms with van der Waals surface area (Å²) in [5, 5.41) is 9.97. The highest BCUT2D eigenvalue weighted by molar-refractivity contribution is 6.87. The van der Waals surface area contributed by atoms with E-state index in [4.69, 9.17) is 34.8 Å². The molecule has 0 amide bonds. The molecule has 2 rings (SSSR count). The SMILES string of the molecule is CC(=O)C(C(=NB(c1ccccc1)c1ccccc1)C(Cl)(Cl)Cl)=C(C)O. The van der Waals surface area contributed by atoms with Gasteiger partial charge < -0.3 is 10.0 Å². The second kappa shape index (κ2) is 8.76. The lowest BCUT2D eigenvalue weighted by Gasteiger charge is -2.20. The second-order valence-electron chi connectivity index (χ2n) is 5.72. The number of nitrogens with zero attached hydrogens (tertiary/aromatic N) is 1. The van der Waals surface area contributed by atoms with Crippen LogP contribution in [0.4, 0.5) is 0 Å². The number of hydrogen-bond acceptors (Lipinski definition) is 3. The van der Waals surface area contributed by atoms with Crippen molar-refractivity contribution in [2.24, 2.45) is 4.90 Å². The zero-order valence-electron chi connectivity index (χ0n) is 14.3. The summed E-state index contributed by atoms with van der Waals surface area (Å²) in [4.78, 5) is 16.7. The van der Waals surface area contributed by atoms with Gasteiger partial charge in [0.15, 0.2) is 5.78 Å². The third kappa shape index (κ3) is 5.13. The van der Waals surface area contributed by atoms with Crippen molar-refractivity contribution in [2.75, 3.05) is 0 Å². The molecule has 2 aromatic rings. The first-order valence-electron chi connectivity index (χ1n) is 7.88. The summed E-state index contributed by atoms with van der Waals surface area (Å²) < 4.78 is -1.98. The molecule has 134 valence electrons. The summed E-state index contributed by atoms with van der Waals surface area (Å²) in [5.41, 5.74) is 1.54. The Kier molecular flexibility index (Phi) is 6.93. The average Bonchev–Trinajstić information content (AvgIpc) is 2.58. The van der Waals surface area contributed by atoms with Crippen molar-refractivity contribution in [3.63, 3.8) is 0 Å². The van der Waals surface area contributed by atoms with Crippen LogP contribution >= 0.6 is 34.8 Å². The van der Waals surface area contributed by atoms with Crippen LogP contribution in [0.15, 0.2) is 76.9 Å². The van der Waals surface area contributed by atoms with E-state index in [-0.39, 0.29) is 17.0 Å². The third-order valence-electron chi connectivity index (χ3n) is 3.71. The second-order valence-corrected chi connectivity index (χ2v) is 8.00. The molecular weight excluding hydrogens is 391 g/mol. The van der Waals surface area contributed by atoms with Crippen LogP contribution in [0.3, 0.4) is 0 Å². The van der Waals surface area contributed by atoms with Gasteiger partial charge in [-0.1, -0.05) is 95.5 Å². The van der Waals surface area contributed by atoms with Crippen LogP contribution in [0.1, 0.15) is 13.8 Å². The third-order valence-corrected chi connectivity index (χ3v) is 4.25. The van der Waals surface area contributed by atoms with Gasteiger partial charge in [-0.25, -0.2) is 0 Å². The van der Waals surface area contributed by atoms with Crippen LogP contribution in [0.25, 0.3) is 0 Å². The number of allylic oxidation sites excluding steroid dienone is 2. The Labute approximate surface area is 168 Å². The summed E-state index contributed by atoms with van der Waals surface area (Å²) in [6.07, 6.45) is 0. The van der Waals surface area contributed by atoms with Gasteiger partial charge in [0.2, 0.25) is 3.79 Å². The molecule has 0 aliphatic rings. The van der Waals surface area contributed by atoms with E-state index in [0.717, 1.165) is 10.9 Å². The van der Waals surface area contributed by atoms with E-state index in [1.165, 1.54) is 13.8 Å². The lowest BCUT2D eigenvalue weighted by molar-refractivity contribution is -0.113. The summed E-state index contributed by atoms with van der Waals surface area (Å²) in [5.74, 6) is -0.683. The minimum Gasteiger partial charge on any atom is -0.512 e. The van der Waals surface area contributed by atoms with Crippen molar-refractivity contribution < 1.29 is 9.90 Å². The largest absolute Gasteiger partial charge is 0.512 e. The smallest absolute Gasteiger partial charge is 0.344 e. The molecule has 26 heavy (non-hydrogen) atoms. The summed E-state index contributed by atoms with van der Waals surface area (Å²) in [7, 11) is 0. The maximum atomic E-state index is 12.1. The van der Waals surface area contributed by atoms with Gasteiger partial charge in [-0.15, -0.1) is 0 Å². The summed E-state index contributed by atoms with van der Waals surface area (Å²) >= 11 is 18.3. The minimum absolute atomic E-state index is 0.0901. The number of ketones is 1.